The lowest BCUT2D eigenvalue weighted by molar-refractivity contribution is 0.285. The zero-order valence-corrected chi connectivity index (χ0v) is 13.6. The van der Waals surface area contributed by atoms with Gasteiger partial charge >= 0.3 is 0 Å². The molecule has 1 heteroatoms. The largest absolute Gasteiger partial charge is 0.396 e. The number of hydrogen-bond donors (Lipinski definition) is 1. The molecule has 118 valence electrons. The molecule has 0 spiro atoms. The molecule has 0 aliphatic rings. The Morgan fingerprint density at radius 3 is 1.43 bits per heavy atom. The molecule has 1 nitrogen and oxygen atoms in total. The summed E-state index contributed by atoms with van der Waals surface area (Å²) in [5.41, 5.74) is 0. The Kier molecular flexibility index (Phi) is 17.5. The number of unbranched alkanes of at least 4 members (excludes halogenated alkanes) is 2. The Labute approximate surface area is 131 Å². The average Bonchev–Trinajstić information content (AvgIpc) is 2.50. The topological polar surface area (TPSA) is 20.2 Å². The van der Waals surface area contributed by atoms with Crippen molar-refractivity contribution in [2.24, 2.45) is 0 Å². The molecule has 0 fully saturated rings. The molecule has 1 N–H and O–H groups in total. The Balaban J connectivity index is 3.41. The van der Waals surface area contributed by atoms with Crippen LogP contribution in [0.5, 0.6) is 0 Å². The van der Waals surface area contributed by atoms with Gasteiger partial charge in [0.25, 0.3) is 0 Å². The van der Waals surface area contributed by atoms with Crippen LogP contribution in [0.15, 0.2) is 60.8 Å². The molecule has 0 unspecified atom stereocenters. The summed E-state index contributed by atoms with van der Waals surface area (Å²) in [4.78, 5) is 0. The monoisotopic (exact) mass is 288 g/mol. The van der Waals surface area contributed by atoms with Gasteiger partial charge in [0.05, 0.1) is 0 Å². The fraction of sp³-hybridized carbons (Fsp3) is 0.500. The van der Waals surface area contributed by atoms with E-state index >= 15 is 0 Å². The molecule has 0 radical (unpaired) electrons. The van der Waals surface area contributed by atoms with Gasteiger partial charge in [0.1, 0.15) is 0 Å². The van der Waals surface area contributed by atoms with Gasteiger partial charge in [0, 0.05) is 6.61 Å². The first kappa shape index (κ1) is 19.7. The normalized spacial score (nSPS) is 13.0. The van der Waals surface area contributed by atoms with Crippen LogP contribution in [-0.2, 0) is 0 Å². The van der Waals surface area contributed by atoms with Crippen LogP contribution in [0.3, 0.4) is 0 Å². The molecule has 0 aromatic heterocycles. The molecule has 0 aromatic carbocycles. The van der Waals surface area contributed by atoms with E-state index < -0.39 is 0 Å². The van der Waals surface area contributed by atoms with Crippen LogP contribution in [0.4, 0.5) is 0 Å². The molecule has 0 heterocycles. The van der Waals surface area contributed by atoms with Crippen molar-refractivity contribution in [2.45, 2.75) is 58.3 Å². The first-order valence-corrected chi connectivity index (χ1v) is 8.27. The Hall–Kier alpha value is -1.34. The van der Waals surface area contributed by atoms with Crippen molar-refractivity contribution in [3.63, 3.8) is 0 Å². The smallest absolute Gasteiger partial charge is 0.0431 e. The second-order valence-corrected chi connectivity index (χ2v) is 4.93. The van der Waals surface area contributed by atoms with Crippen molar-refractivity contribution in [1.29, 1.82) is 0 Å². The van der Waals surface area contributed by atoms with Crippen LogP contribution in [0.1, 0.15) is 58.3 Å². The van der Waals surface area contributed by atoms with E-state index in [1.165, 1.54) is 0 Å². The van der Waals surface area contributed by atoms with Gasteiger partial charge in [-0.05, 0) is 51.4 Å². The molecule has 21 heavy (non-hydrogen) atoms. The fourth-order valence-corrected chi connectivity index (χ4v) is 1.74. The molecule has 0 atom stereocenters. The number of allylic oxidation sites excluding steroid dienone is 10. The van der Waals surface area contributed by atoms with Crippen LogP contribution >= 0.6 is 0 Å². The molecule has 0 rings (SSSR count). The average molecular weight is 288 g/mol. The molecule has 0 saturated heterocycles. The Bertz CT molecular complexity index is 332. The maximum atomic E-state index is 8.64. The Morgan fingerprint density at radius 1 is 0.571 bits per heavy atom. The van der Waals surface area contributed by atoms with Crippen molar-refractivity contribution in [3.05, 3.63) is 60.8 Å². The molecule has 0 aliphatic heterocycles. The van der Waals surface area contributed by atoms with Gasteiger partial charge in [0.15, 0.2) is 0 Å². The number of hydrogen-bond acceptors (Lipinski definition) is 1. The third-order valence-corrected chi connectivity index (χ3v) is 2.94. The van der Waals surface area contributed by atoms with Crippen LogP contribution < -0.4 is 0 Å². The van der Waals surface area contributed by atoms with Gasteiger partial charge in [-0.2, -0.15) is 0 Å². The SMILES string of the molecule is CC/C=C\C/C=C\C/C=C\C/C=C\C/C=C/CCCCO. The standard InChI is InChI=1S/C20H32O/c1-2-3-4-5-6-7-8-9-10-11-12-13-14-15-16-17-18-19-20-21/h3-4,6-7,9-10,12-13,15-16,21H,2,5,8,11,14,17-20H2,1H3/b4-3-,7-6-,10-9-,13-12-,16-15+. The highest BCUT2D eigenvalue weighted by Crippen LogP contribution is 1.98. The van der Waals surface area contributed by atoms with E-state index in [9.17, 15) is 0 Å². The van der Waals surface area contributed by atoms with Gasteiger partial charge in [-0.3, -0.25) is 0 Å². The second-order valence-electron chi connectivity index (χ2n) is 4.93. The van der Waals surface area contributed by atoms with Gasteiger partial charge < -0.3 is 5.11 Å². The Morgan fingerprint density at radius 2 is 1.00 bits per heavy atom. The summed E-state index contributed by atoms with van der Waals surface area (Å²) in [7, 11) is 0. The van der Waals surface area contributed by atoms with E-state index in [0.29, 0.717) is 6.61 Å². The molecular formula is C20H32O. The van der Waals surface area contributed by atoms with Gasteiger partial charge in [0.2, 0.25) is 0 Å². The van der Waals surface area contributed by atoms with Crippen LogP contribution in [-0.4, -0.2) is 11.7 Å². The highest BCUT2D eigenvalue weighted by Gasteiger charge is 1.81. The summed E-state index contributed by atoms with van der Waals surface area (Å²) in [6.45, 7) is 2.47. The predicted molar refractivity (Wildman–Crippen MR) is 95.4 cm³/mol. The molecule has 0 aliphatic carbocycles. The van der Waals surface area contributed by atoms with Crippen molar-refractivity contribution in [2.75, 3.05) is 6.61 Å². The van der Waals surface area contributed by atoms with Crippen LogP contribution in [0.2, 0.25) is 0 Å². The van der Waals surface area contributed by atoms with Gasteiger partial charge in [-0.1, -0.05) is 67.7 Å². The molecule has 0 aromatic rings. The maximum Gasteiger partial charge on any atom is 0.0431 e. The maximum absolute atomic E-state index is 8.64. The lowest BCUT2D eigenvalue weighted by Gasteiger charge is -1.90. The number of aliphatic hydroxyl groups is 1. The molecule has 0 bridgehead atoms. The fourth-order valence-electron chi connectivity index (χ4n) is 1.74. The van der Waals surface area contributed by atoms with Crippen molar-refractivity contribution in [3.8, 4) is 0 Å². The van der Waals surface area contributed by atoms with Crippen LogP contribution in [0.25, 0.3) is 0 Å². The summed E-state index contributed by atoms with van der Waals surface area (Å²) < 4.78 is 0. The van der Waals surface area contributed by atoms with E-state index in [0.717, 1.165) is 51.4 Å². The van der Waals surface area contributed by atoms with Gasteiger partial charge in [-0.15, -0.1) is 0 Å². The summed E-state index contributed by atoms with van der Waals surface area (Å²) >= 11 is 0. The molecule has 0 amide bonds. The van der Waals surface area contributed by atoms with E-state index in [1.807, 2.05) is 0 Å². The van der Waals surface area contributed by atoms with Crippen molar-refractivity contribution >= 4 is 0 Å². The third-order valence-electron chi connectivity index (χ3n) is 2.94. The minimum Gasteiger partial charge on any atom is -0.396 e. The lowest BCUT2D eigenvalue weighted by Crippen LogP contribution is -1.79. The summed E-state index contributed by atoms with van der Waals surface area (Å²) in [5, 5.41) is 8.64. The zero-order chi connectivity index (χ0) is 15.4. The lowest BCUT2D eigenvalue weighted by atomic mass is 10.2. The van der Waals surface area contributed by atoms with E-state index in [1.54, 1.807) is 0 Å². The third kappa shape index (κ3) is 18.7. The first-order valence-electron chi connectivity index (χ1n) is 8.27. The molecule has 0 saturated carbocycles. The van der Waals surface area contributed by atoms with E-state index in [4.69, 9.17) is 5.11 Å². The predicted octanol–water partition coefficient (Wildman–Crippen LogP) is 5.90. The first-order chi connectivity index (χ1) is 10.4. The number of rotatable bonds is 13. The summed E-state index contributed by atoms with van der Waals surface area (Å²) in [6, 6.07) is 0. The second kappa shape index (κ2) is 18.7. The van der Waals surface area contributed by atoms with Crippen molar-refractivity contribution in [1.82, 2.24) is 0 Å². The van der Waals surface area contributed by atoms with Gasteiger partial charge in [-0.25, -0.2) is 0 Å². The van der Waals surface area contributed by atoms with Crippen molar-refractivity contribution < 1.29 is 5.11 Å². The minimum atomic E-state index is 0.310. The minimum absolute atomic E-state index is 0.310. The highest BCUT2D eigenvalue weighted by atomic mass is 16.2. The summed E-state index contributed by atoms with van der Waals surface area (Å²) in [5.74, 6) is 0. The number of aliphatic hydroxyl groups excluding tert-OH is 1. The van der Waals surface area contributed by atoms with E-state index in [-0.39, 0.29) is 0 Å². The summed E-state index contributed by atoms with van der Waals surface area (Å²) in [6.07, 6.45) is 30.4. The zero-order valence-electron chi connectivity index (χ0n) is 13.6. The quantitative estimate of drug-likeness (QED) is 0.330. The molecular weight excluding hydrogens is 256 g/mol. The van der Waals surface area contributed by atoms with E-state index in [2.05, 4.69) is 67.7 Å². The van der Waals surface area contributed by atoms with Crippen LogP contribution in [0, 0.1) is 0 Å². The highest BCUT2D eigenvalue weighted by molar-refractivity contribution is 5.00.